The zero-order valence-electron chi connectivity index (χ0n) is 17.2. The molecule has 30 heavy (non-hydrogen) atoms. The van der Waals surface area contributed by atoms with E-state index in [-0.39, 0.29) is 6.61 Å². The Morgan fingerprint density at radius 2 is 2.07 bits per heavy atom. The van der Waals surface area contributed by atoms with E-state index in [4.69, 9.17) is 9.47 Å². The molecular weight excluding hydrogens is 380 g/mol. The molecule has 0 spiro atoms. The van der Waals surface area contributed by atoms with Crippen LogP contribution < -0.4 is 10.1 Å². The van der Waals surface area contributed by atoms with Crippen LogP contribution in [-0.4, -0.2) is 48.0 Å². The van der Waals surface area contributed by atoms with Gasteiger partial charge in [0.05, 0.1) is 6.61 Å². The average molecular weight is 408 g/mol. The third-order valence-electron chi connectivity index (χ3n) is 5.54. The van der Waals surface area contributed by atoms with E-state index in [1.54, 1.807) is 13.0 Å². The number of carbonyl (C=O) groups excluding carboxylic acids is 1. The fourth-order valence-corrected chi connectivity index (χ4v) is 3.99. The lowest BCUT2D eigenvalue weighted by atomic mass is 9.88. The maximum atomic E-state index is 12.0. The van der Waals surface area contributed by atoms with Crippen LogP contribution in [-0.2, 0) is 17.6 Å². The Hall–Kier alpha value is -2.83. The van der Waals surface area contributed by atoms with Crippen LogP contribution in [0.4, 0.5) is 0 Å². The number of aromatic nitrogens is 1. The lowest BCUT2D eigenvalue weighted by Gasteiger charge is -2.26. The molecule has 1 aliphatic rings. The predicted molar refractivity (Wildman–Crippen MR) is 116 cm³/mol. The van der Waals surface area contributed by atoms with Crippen LogP contribution in [0.3, 0.4) is 0 Å². The van der Waals surface area contributed by atoms with Gasteiger partial charge in [-0.25, -0.2) is 4.79 Å². The summed E-state index contributed by atoms with van der Waals surface area (Å²) in [6.45, 7) is 2.75. The molecule has 0 aliphatic heterocycles. The average Bonchev–Trinajstić information content (AvgIpc) is 3.21. The highest BCUT2D eigenvalue weighted by atomic mass is 16.5. The van der Waals surface area contributed by atoms with E-state index in [1.807, 2.05) is 18.2 Å². The smallest absolute Gasteiger partial charge is 0.354 e. The molecule has 6 heteroatoms. The number of H-pyrrole nitrogens is 1. The number of aliphatic hydroxyl groups is 1. The number of aliphatic hydroxyl groups excluding tert-OH is 1. The molecule has 2 atom stereocenters. The van der Waals surface area contributed by atoms with E-state index < -0.39 is 12.1 Å². The van der Waals surface area contributed by atoms with Gasteiger partial charge < -0.3 is 24.9 Å². The molecule has 4 rings (SSSR count). The van der Waals surface area contributed by atoms with Gasteiger partial charge in [0.15, 0.2) is 0 Å². The van der Waals surface area contributed by atoms with Crippen LogP contribution in [0.25, 0.3) is 10.9 Å². The molecule has 1 aliphatic carbocycles. The number of ether oxygens (including phenoxy) is 2. The van der Waals surface area contributed by atoms with Gasteiger partial charge in [-0.2, -0.15) is 0 Å². The van der Waals surface area contributed by atoms with Gasteiger partial charge in [0.1, 0.15) is 24.2 Å². The van der Waals surface area contributed by atoms with Crippen molar-refractivity contribution >= 4 is 16.9 Å². The highest BCUT2D eigenvalue weighted by Crippen LogP contribution is 2.27. The second kappa shape index (κ2) is 9.32. The lowest BCUT2D eigenvalue weighted by Crippen LogP contribution is -2.40. The number of benzene rings is 2. The van der Waals surface area contributed by atoms with Gasteiger partial charge in [-0.1, -0.05) is 30.3 Å². The summed E-state index contributed by atoms with van der Waals surface area (Å²) in [5.41, 5.74) is 4.01. The van der Waals surface area contributed by atoms with E-state index in [1.165, 1.54) is 11.1 Å². The number of nitrogens with one attached hydrogen (secondary N) is 2. The zero-order chi connectivity index (χ0) is 20.9. The first-order valence-electron chi connectivity index (χ1n) is 10.5. The Bertz CT molecular complexity index is 1010. The second-order valence-electron chi connectivity index (χ2n) is 7.70. The maximum absolute atomic E-state index is 12.0. The molecule has 158 valence electrons. The van der Waals surface area contributed by atoms with Crippen molar-refractivity contribution in [3.05, 3.63) is 65.4 Å². The predicted octanol–water partition coefficient (Wildman–Crippen LogP) is 3.23. The normalized spacial score (nSPS) is 16.8. The number of rotatable bonds is 8. The van der Waals surface area contributed by atoms with E-state index in [0.29, 0.717) is 30.6 Å². The van der Waals surface area contributed by atoms with Crippen molar-refractivity contribution in [1.29, 1.82) is 0 Å². The second-order valence-corrected chi connectivity index (χ2v) is 7.70. The first-order valence-corrected chi connectivity index (χ1v) is 10.5. The molecule has 2 unspecified atom stereocenters. The zero-order valence-corrected chi connectivity index (χ0v) is 17.2. The number of esters is 1. The van der Waals surface area contributed by atoms with Gasteiger partial charge in [0, 0.05) is 23.5 Å². The Balaban J connectivity index is 1.31. The van der Waals surface area contributed by atoms with Crippen LogP contribution >= 0.6 is 0 Å². The molecule has 0 bridgehead atoms. The van der Waals surface area contributed by atoms with Crippen LogP contribution in [0.15, 0.2) is 48.5 Å². The molecule has 0 amide bonds. The summed E-state index contributed by atoms with van der Waals surface area (Å²) in [4.78, 5) is 15.0. The van der Waals surface area contributed by atoms with E-state index >= 15 is 0 Å². The first-order chi connectivity index (χ1) is 14.6. The monoisotopic (exact) mass is 408 g/mol. The largest absolute Gasteiger partial charge is 0.490 e. The molecule has 2 aromatic carbocycles. The Morgan fingerprint density at radius 1 is 1.23 bits per heavy atom. The number of aromatic amines is 1. The van der Waals surface area contributed by atoms with Gasteiger partial charge >= 0.3 is 5.97 Å². The van der Waals surface area contributed by atoms with Crippen molar-refractivity contribution in [3.8, 4) is 5.75 Å². The van der Waals surface area contributed by atoms with Crippen molar-refractivity contribution in [3.63, 3.8) is 0 Å². The molecule has 3 N–H and O–H groups in total. The Morgan fingerprint density at radius 3 is 2.90 bits per heavy atom. The number of aryl methyl sites for hydroxylation is 1. The molecular formula is C24H28N2O4. The summed E-state index contributed by atoms with van der Waals surface area (Å²) in [6, 6.07) is 16.2. The minimum atomic E-state index is -0.624. The van der Waals surface area contributed by atoms with Crippen molar-refractivity contribution in [1.82, 2.24) is 10.3 Å². The van der Waals surface area contributed by atoms with Gasteiger partial charge in [-0.05, 0) is 55.5 Å². The standard InChI is InChI=1S/C24H28N2O4/c1-2-29-24(28)22-13-20-21(26-22)8-5-9-23(20)30-15-19(27)14-25-18-11-10-16-6-3-4-7-17(16)12-18/h3-9,13,18-19,25-27H,2,10-12,14-15H2,1H3. The number of carbonyl (C=O) groups is 1. The van der Waals surface area contributed by atoms with Crippen LogP contribution in [0.5, 0.6) is 5.75 Å². The van der Waals surface area contributed by atoms with Crippen LogP contribution in [0, 0.1) is 0 Å². The molecule has 0 saturated carbocycles. The summed E-state index contributed by atoms with van der Waals surface area (Å²) in [5.74, 6) is 0.239. The van der Waals surface area contributed by atoms with E-state index in [9.17, 15) is 9.90 Å². The molecule has 0 fully saturated rings. The SMILES string of the molecule is CCOC(=O)c1cc2c(OCC(O)CNC3CCc4ccccc4C3)cccc2[nH]1. The van der Waals surface area contributed by atoms with Gasteiger partial charge in [0.25, 0.3) is 0 Å². The van der Waals surface area contributed by atoms with E-state index in [0.717, 1.165) is 30.2 Å². The van der Waals surface area contributed by atoms with Gasteiger partial charge in [-0.15, -0.1) is 0 Å². The highest BCUT2D eigenvalue weighted by Gasteiger charge is 2.19. The molecule has 3 aromatic rings. The molecule has 1 heterocycles. The van der Waals surface area contributed by atoms with Crippen LogP contribution in [0.2, 0.25) is 0 Å². The van der Waals surface area contributed by atoms with Gasteiger partial charge in [-0.3, -0.25) is 0 Å². The van der Waals surface area contributed by atoms with Gasteiger partial charge in [0.2, 0.25) is 0 Å². The quantitative estimate of drug-likeness (QED) is 0.499. The topological polar surface area (TPSA) is 83.6 Å². The summed E-state index contributed by atoms with van der Waals surface area (Å²) >= 11 is 0. The molecule has 6 nitrogen and oxygen atoms in total. The van der Waals surface area contributed by atoms with Crippen LogP contribution in [0.1, 0.15) is 35.0 Å². The minimum Gasteiger partial charge on any atom is -0.490 e. The minimum absolute atomic E-state index is 0.176. The Kier molecular flexibility index (Phi) is 6.35. The summed E-state index contributed by atoms with van der Waals surface area (Å²) in [6.07, 6.45) is 2.51. The number of hydrogen-bond acceptors (Lipinski definition) is 5. The molecule has 1 aromatic heterocycles. The van der Waals surface area contributed by atoms with Crippen molar-refractivity contribution < 1.29 is 19.4 Å². The summed E-state index contributed by atoms with van der Waals surface area (Å²) in [7, 11) is 0. The number of fused-ring (bicyclic) bond motifs is 2. The van der Waals surface area contributed by atoms with E-state index in [2.05, 4.69) is 34.6 Å². The molecule has 0 saturated heterocycles. The Labute approximate surface area is 176 Å². The fraction of sp³-hybridized carbons (Fsp3) is 0.375. The van der Waals surface area contributed by atoms with Crippen molar-refractivity contribution in [2.24, 2.45) is 0 Å². The fourth-order valence-electron chi connectivity index (χ4n) is 3.99. The summed E-state index contributed by atoms with van der Waals surface area (Å²) < 4.78 is 10.9. The lowest BCUT2D eigenvalue weighted by molar-refractivity contribution is 0.0520. The summed E-state index contributed by atoms with van der Waals surface area (Å²) in [5, 5.41) is 14.7. The highest BCUT2D eigenvalue weighted by molar-refractivity contribution is 5.97. The van der Waals surface area contributed by atoms with Crippen molar-refractivity contribution in [2.75, 3.05) is 19.8 Å². The first kappa shape index (κ1) is 20.4. The third-order valence-corrected chi connectivity index (χ3v) is 5.54. The third kappa shape index (κ3) is 4.66. The van der Waals surface area contributed by atoms with Crippen molar-refractivity contribution in [2.45, 2.75) is 38.3 Å². The maximum Gasteiger partial charge on any atom is 0.354 e. The molecule has 0 radical (unpaired) electrons. The number of hydrogen-bond donors (Lipinski definition) is 3.